The molecule has 23 heavy (non-hydrogen) atoms. The van der Waals surface area contributed by atoms with Crippen LogP contribution in [0, 0.1) is 5.92 Å². The highest BCUT2D eigenvalue weighted by Gasteiger charge is 2.52. The van der Waals surface area contributed by atoms with Gasteiger partial charge in [0.2, 0.25) is 6.10 Å². The maximum Gasteiger partial charge on any atom is 0.426 e. The van der Waals surface area contributed by atoms with Crippen molar-refractivity contribution < 1.29 is 27.8 Å². The summed E-state index contributed by atoms with van der Waals surface area (Å²) < 4.78 is 44.5. The van der Waals surface area contributed by atoms with E-state index in [1.807, 2.05) is 0 Å². The maximum absolute atomic E-state index is 13.0. The fraction of sp³-hybridized carbons (Fsp3) is 0.267. The van der Waals surface area contributed by atoms with Crippen LogP contribution in [0.15, 0.2) is 30.3 Å². The monoisotopic (exact) mass is 362 g/mol. The van der Waals surface area contributed by atoms with Crippen molar-refractivity contribution in [2.24, 2.45) is 5.92 Å². The molecule has 2 unspecified atom stereocenters. The zero-order chi connectivity index (χ0) is 16.8. The van der Waals surface area contributed by atoms with E-state index in [1.165, 1.54) is 17.4 Å². The number of carbonyl (C=O) groups is 1. The molecule has 3 nitrogen and oxygen atoms in total. The van der Waals surface area contributed by atoms with Crippen molar-refractivity contribution in [2.45, 2.75) is 18.7 Å². The Bertz CT molecular complexity index is 757. The first-order valence-electron chi connectivity index (χ1n) is 6.60. The number of carboxylic acid groups (broad SMARTS) is 1. The number of fused-ring (bicyclic) bond motifs is 1. The third kappa shape index (κ3) is 3.16. The van der Waals surface area contributed by atoms with E-state index in [9.17, 15) is 18.0 Å². The zero-order valence-electron chi connectivity index (χ0n) is 11.4. The Kier molecular flexibility index (Phi) is 4.01. The van der Waals surface area contributed by atoms with E-state index in [-0.39, 0.29) is 12.2 Å². The smallest absolute Gasteiger partial charge is 0.426 e. The van der Waals surface area contributed by atoms with Gasteiger partial charge in [-0.3, -0.25) is 4.79 Å². The SMILES string of the molecule is O=C(O)C1Cc2cc(-c3ccc(Cl)s3)ccc2OC1C(F)(F)F. The number of rotatable bonds is 2. The van der Waals surface area contributed by atoms with Crippen LogP contribution in [-0.4, -0.2) is 23.4 Å². The third-order valence-corrected chi connectivity index (χ3v) is 4.90. The largest absolute Gasteiger partial charge is 0.481 e. The number of thiophene rings is 1. The summed E-state index contributed by atoms with van der Waals surface area (Å²) in [5, 5.41) is 9.09. The molecule has 0 saturated heterocycles. The molecule has 0 spiro atoms. The van der Waals surface area contributed by atoms with Crippen molar-refractivity contribution >= 4 is 28.9 Å². The Hall–Kier alpha value is -1.73. The number of benzene rings is 1. The van der Waals surface area contributed by atoms with Crippen molar-refractivity contribution in [1.82, 2.24) is 0 Å². The van der Waals surface area contributed by atoms with Crippen LogP contribution in [-0.2, 0) is 11.2 Å². The van der Waals surface area contributed by atoms with Crippen molar-refractivity contribution in [3.63, 3.8) is 0 Å². The molecule has 122 valence electrons. The molecule has 0 radical (unpaired) electrons. The molecule has 8 heteroatoms. The number of hydrogen-bond donors (Lipinski definition) is 1. The molecule has 0 amide bonds. The van der Waals surface area contributed by atoms with E-state index < -0.39 is 24.2 Å². The van der Waals surface area contributed by atoms with Crippen LogP contribution in [0.5, 0.6) is 5.75 Å². The molecule has 0 fully saturated rings. The van der Waals surface area contributed by atoms with Crippen LogP contribution in [0.25, 0.3) is 10.4 Å². The molecular formula is C15H10ClF3O3S. The molecule has 2 aromatic rings. The van der Waals surface area contributed by atoms with Crippen molar-refractivity contribution in [3.8, 4) is 16.2 Å². The molecule has 0 saturated carbocycles. The van der Waals surface area contributed by atoms with Gasteiger partial charge in [0.15, 0.2) is 0 Å². The molecule has 0 aliphatic carbocycles. The highest BCUT2D eigenvalue weighted by Crippen LogP contribution is 2.41. The number of alkyl halides is 3. The number of aliphatic carboxylic acids is 1. The molecule has 1 aliphatic heterocycles. The van der Waals surface area contributed by atoms with Crippen molar-refractivity contribution in [3.05, 3.63) is 40.2 Å². The Morgan fingerprint density at radius 2 is 2.04 bits per heavy atom. The van der Waals surface area contributed by atoms with Crippen LogP contribution in [0.4, 0.5) is 13.2 Å². The Balaban J connectivity index is 1.98. The van der Waals surface area contributed by atoms with Crippen LogP contribution in [0.1, 0.15) is 5.56 Å². The topological polar surface area (TPSA) is 46.5 Å². The Labute approximate surface area is 138 Å². The summed E-state index contributed by atoms with van der Waals surface area (Å²) in [6.07, 6.45) is -7.31. The first-order chi connectivity index (χ1) is 10.8. The molecular weight excluding hydrogens is 353 g/mol. The van der Waals surface area contributed by atoms with Gasteiger partial charge >= 0.3 is 12.1 Å². The van der Waals surface area contributed by atoms with Gasteiger partial charge in [0.1, 0.15) is 11.7 Å². The van der Waals surface area contributed by atoms with Crippen LogP contribution in [0.3, 0.4) is 0 Å². The fourth-order valence-electron chi connectivity index (χ4n) is 2.55. The van der Waals surface area contributed by atoms with Gasteiger partial charge in [0.05, 0.1) is 4.34 Å². The van der Waals surface area contributed by atoms with Crippen molar-refractivity contribution in [1.29, 1.82) is 0 Å². The second-order valence-electron chi connectivity index (χ2n) is 5.16. The molecule has 1 aliphatic rings. The average Bonchev–Trinajstić information content (AvgIpc) is 2.91. The van der Waals surface area contributed by atoms with Crippen LogP contribution < -0.4 is 4.74 Å². The average molecular weight is 363 g/mol. The maximum atomic E-state index is 13.0. The highest BCUT2D eigenvalue weighted by atomic mass is 35.5. The molecule has 0 bridgehead atoms. The minimum absolute atomic E-state index is 0.0660. The van der Waals surface area contributed by atoms with E-state index in [0.29, 0.717) is 9.90 Å². The predicted molar refractivity (Wildman–Crippen MR) is 80.1 cm³/mol. The summed E-state index contributed by atoms with van der Waals surface area (Å²) in [6.45, 7) is 0. The van der Waals surface area contributed by atoms with E-state index in [1.54, 1.807) is 24.3 Å². The third-order valence-electron chi connectivity index (χ3n) is 3.62. The number of carboxylic acids is 1. The lowest BCUT2D eigenvalue weighted by Crippen LogP contribution is -2.47. The van der Waals surface area contributed by atoms with E-state index in [2.05, 4.69) is 0 Å². The zero-order valence-corrected chi connectivity index (χ0v) is 13.0. The molecule has 1 N–H and O–H groups in total. The lowest BCUT2D eigenvalue weighted by Gasteiger charge is -2.32. The van der Waals surface area contributed by atoms with Gasteiger partial charge in [-0.15, -0.1) is 11.3 Å². The van der Waals surface area contributed by atoms with Gasteiger partial charge in [-0.05, 0) is 47.9 Å². The van der Waals surface area contributed by atoms with Crippen LogP contribution in [0.2, 0.25) is 4.34 Å². The summed E-state index contributed by atoms with van der Waals surface area (Å²) in [5.74, 6) is -3.12. The van der Waals surface area contributed by atoms with Gasteiger partial charge in [0, 0.05) is 4.88 Å². The summed E-state index contributed by atoms with van der Waals surface area (Å²) in [7, 11) is 0. The van der Waals surface area contributed by atoms with E-state index in [4.69, 9.17) is 21.4 Å². The second-order valence-corrected chi connectivity index (χ2v) is 6.87. The Morgan fingerprint density at radius 3 is 2.61 bits per heavy atom. The minimum Gasteiger partial charge on any atom is -0.481 e. The van der Waals surface area contributed by atoms with E-state index >= 15 is 0 Å². The number of hydrogen-bond acceptors (Lipinski definition) is 3. The first kappa shape index (κ1) is 16.1. The van der Waals surface area contributed by atoms with Gasteiger partial charge in [-0.2, -0.15) is 13.2 Å². The molecule has 3 rings (SSSR count). The lowest BCUT2D eigenvalue weighted by molar-refractivity contribution is -0.217. The minimum atomic E-state index is -4.74. The summed E-state index contributed by atoms with van der Waals surface area (Å²) >= 11 is 7.21. The summed E-state index contributed by atoms with van der Waals surface area (Å²) in [5.41, 5.74) is 1.21. The van der Waals surface area contributed by atoms with Crippen LogP contribution >= 0.6 is 22.9 Å². The first-order valence-corrected chi connectivity index (χ1v) is 7.80. The van der Waals surface area contributed by atoms with Gasteiger partial charge in [0.25, 0.3) is 0 Å². The summed E-state index contributed by atoms with van der Waals surface area (Å²) in [6, 6.07) is 8.24. The molecule has 2 heterocycles. The second kappa shape index (κ2) is 5.72. The fourth-order valence-corrected chi connectivity index (χ4v) is 3.59. The highest BCUT2D eigenvalue weighted by molar-refractivity contribution is 7.19. The standard InChI is InChI=1S/C15H10ClF3O3S/c16-12-4-3-11(23-12)7-1-2-10-8(5-7)6-9(14(20)21)13(22-10)15(17,18)19/h1-5,9,13H,6H2,(H,20,21). The number of ether oxygens (including phenoxy) is 1. The Morgan fingerprint density at radius 1 is 1.30 bits per heavy atom. The van der Waals surface area contributed by atoms with Gasteiger partial charge in [-0.25, -0.2) is 0 Å². The number of halogens is 4. The normalized spacial score (nSPS) is 20.7. The lowest BCUT2D eigenvalue weighted by atomic mass is 9.89. The van der Waals surface area contributed by atoms with Gasteiger partial charge in [-0.1, -0.05) is 11.6 Å². The van der Waals surface area contributed by atoms with E-state index in [0.717, 1.165) is 10.4 Å². The quantitative estimate of drug-likeness (QED) is 0.847. The molecule has 1 aromatic carbocycles. The predicted octanol–water partition coefficient (Wildman–Crippen LogP) is 4.64. The summed E-state index contributed by atoms with van der Waals surface area (Å²) in [4.78, 5) is 12.0. The van der Waals surface area contributed by atoms with Crippen molar-refractivity contribution in [2.75, 3.05) is 0 Å². The van der Waals surface area contributed by atoms with Gasteiger partial charge < -0.3 is 9.84 Å². The molecule has 2 atom stereocenters. The molecule has 1 aromatic heterocycles.